The van der Waals surface area contributed by atoms with Crippen LogP contribution in [0.5, 0.6) is 5.75 Å². The van der Waals surface area contributed by atoms with Crippen LogP contribution >= 0.6 is 15.9 Å². The number of benzene rings is 1. The minimum absolute atomic E-state index is 0.205. The zero-order valence-corrected chi connectivity index (χ0v) is 11.4. The number of halogens is 2. The Morgan fingerprint density at radius 2 is 2.12 bits per heavy atom. The van der Waals surface area contributed by atoms with Gasteiger partial charge < -0.3 is 10.1 Å². The monoisotopic (exact) mass is 302 g/mol. The van der Waals surface area contributed by atoms with Crippen LogP contribution in [0.25, 0.3) is 0 Å². The molecule has 0 atom stereocenters. The number of hydrogen-bond acceptors (Lipinski definition) is 3. The van der Waals surface area contributed by atoms with E-state index in [-0.39, 0.29) is 5.82 Å². The van der Waals surface area contributed by atoms with Gasteiger partial charge in [-0.3, -0.25) is 4.90 Å². The minimum Gasteiger partial charge on any atom is -0.495 e. The molecule has 1 fully saturated rings. The molecule has 1 heterocycles. The fraction of sp³-hybridized carbons (Fsp3) is 0.500. The standard InChI is InChI=1S/C12H16BrFN2O/c1-17-12-7-11(14)9(6-10(12)13)8-16-4-2-15-3-5-16/h6-7,15H,2-5,8H2,1H3. The zero-order valence-electron chi connectivity index (χ0n) is 9.80. The van der Waals surface area contributed by atoms with Crippen molar-refractivity contribution in [1.82, 2.24) is 10.2 Å². The van der Waals surface area contributed by atoms with Crippen LogP contribution in [0.15, 0.2) is 16.6 Å². The second-order valence-electron chi connectivity index (χ2n) is 4.10. The molecule has 0 aliphatic carbocycles. The van der Waals surface area contributed by atoms with Crippen molar-refractivity contribution in [1.29, 1.82) is 0 Å². The van der Waals surface area contributed by atoms with Gasteiger partial charge in [0, 0.05) is 44.4 Å². The topological polar surface area (TPSA) is 24.5 Å². The Balaban J connectivity index is 2.12. The van der Waals surface area contributed by atoms with E-state index in [4.69, 9.17) is 4.74 Å². The van der Waals surface area contributed by atoms with Gasteiger partial charge in [0.15, 0.2) is 0 Å². The van der Waals surface area contributed by atoms with Crippen molar-refractivity contribution in [3.8, 4) is 5.75 Å². The average Bonchev–Trinajstić information content (AvgIpc) is 2.34. The van der Waals surface area contributed by atoms with Gasteiger partial charge in [0.25, 0.3) is 0 Å². The summed E-state index contributed by atoms with van der Waals surface area (Å²) in [5.74, 6) is 0.329. The first-order valence-electron chi connectivity index (χ1n) is 5.65. The highest BCUT2D eigenvalue weighted by Gasteiger charge is 2.14. The lowest BCUT2D eigenvalue weighted by atomic mass is 10.2. The Kier molecular flexibility index (Phi) is 4.36. The summed E-state index contributed by atoms with van der Waals surface area (Å²) in [5, 5.41) is 3.28. The van der Waals surface area contributed by atoms with Gasteiger partial charge in [-0.25, -0.2) is 4.39 Å². The maximum absolute atomic E-state index is 13.8. The predicted molar refractivity (Wildman–Crippen MR) is 68.8 cm³/mol. The van der Waals surface area contributed by atoms with Crippen LogP contribution in [0.2, 0.25) is 0 Å². The summed E-state index contributed by atoms with van der Waals surface area (Å²) in [6.45, 7) is 4.51. The largest absolute Gasteiger partial charge is 0.495 e. The van der Waals surface area contributed by atoms with E-state index >= 15 is 0 Å². The van der Waals surface area contributed by atoms with Crippen LogP contribution in [-0.4, -0.2) is 38.2 Å². The van der Waals surface area contributed by atoms with Crippen LogP contribution in [0.1, 0.15) is 5.56 Å². The number of piperazine rings is 1. The Hall–Kier alpha value is -0.650. The summed E-state index contributed by atoms with van der Waals surface area (Å²) in [5.41, 5.74) is 0.708. The summed E-state index contributed by atoms with van der Waals surface area (Å²) < 4.78 is 19.7. The summed E-state index contributed by atoms with van der Waals surface area (Å²) in [6.07, 6.45) is 0. The van der Waals surface area contributed by atoms with Crippen molar-refractivity contribution in [2.75, 3.05) is 33.3 Å². The molecule has 94 valence electrons. The van der Waals surface area contributed by atoms with Crippen molar-refractivity contribution in [3.63, 3.8) is 0 Å². The van der Waals surface area contributed by atoms with Crippen LogP contribution in [0, 0.1) is 5.82 Å². The fourth-order valence-electron chi connectivity index (χ4n) is 1.96. The molecule has 0 radical (unpaired) electrons. The number of methoxy groups -OCH3 is 1. The van der Waals surface area contributed by atoms with Crippen molar-refractivity contribution >= 4 is 15.9 Å². The number of nitrogens with one attached hydrogen (secondary N) is 1. The van der Waals surface area contributed by atoms with Gasteiger partial charge in [-0.05, 0) is 22.0 Å². The van der Waals surface area contributed by atoms with E-state index in [1.807, 2.05) is 0 Å². The molecule has 17 heavy (non-hydrogen) atoms. The van der Waals surface area contributed by atoms with E-state index < -0.39 is 0 Å². The van der Waals surface area contributed by atoms with E-state index in [9.17, 15) is 4.39 Å². The molecule has 0 aromatic heterocycles. The molecule has 0 amide bonds. The third-order valence-electron chi connectivity index (χ3n) is 2.92. The van der Waals surface area contributed by atoms with Crippen molar-refractivity contribution < 1.29 is 9.13 Å². The lowest BCUT2D eigenvalue weighted by Crippen LogP contribution is -2.43. The van der Waals surface area contributed by atoms with Crippen molar-refractivity contribution in [2.24, 2.45) is 0 Å². The third-order valence-corrected chi connectivity index (χ3v) is 3.54. The van der Waals surface area contributed by atoms with Crippen LogP contribution in [-0.2, 0) is 6.54 Å². The van der Waals surface area contributed by atoms with E-state index in [1.54, 1.807) is 6.07 Å². The number of nitrogens with zero attached hydrogens (tertiary/aromatic N) is 1. The fourth-order valence-corrected chi connectivity index (χ4v) is 2.51. The van der Waals surface area contributed by atoms with E-state index in [1.165, 1.54) is 13.2 Å². The first-order chi connectivity index (χ1) is 8.20. The molecule has 1 aliphatic heterocycles. The van der Waals surface area contributed by atoms with Gasteiger partial charge >= 0.3 is 0 Å². The Morgan fingerprint density at radius 1 is 1.41 bits per heavy atom. The summed E-state index contributed by atoms with van der Waals surface area (Å²) in [4.78, 5) is 2.24. The lowest BCUT2D eigenvalue weighted by molar-refractivity contribution is 0.230. The van der Waals surface area contributed by atoms with E-state index in [0.717, 1.165) is 30.7 Å². The third kappa shape index (κ3) is 3.18. The number of rotatable bonds is 3. The Labute approximate surface area is 109 Å². The average molecular weight is 303 g/mol. The van der Waals surface area contributed by atoms with Crippen LogP contribution < -0.4 is 10.1 Å². The van der Waals surface area contributed by atoms with Crippen LogP contribution in [0.4, 0.5) is 4.39 Å². The molecule has 1 N–H and O–H groups in total. The smallest absolute Gasteiger partial charge is 0.135 e. The van der Waals surface area contributed by atoms with Crippen LogP contribution in [0.3, 0.4) is 0 Å². The number of ether oxygens (including phenoxy) is 1. The molecule has 0 saturated carbocycles. The van der Waals surface area contributed by atoms with Crippen molar-refractivity contribution in [3.05, 3.63) is 28.0 Å². The lowest BCUT2D eigenvalue weighted by Gasteiger charge is -2.27. The normalized spacial score (nSPS) is 17.1. The Morgan fingerprint density at radius 3 is 2.76 bits per heavy atom. The first kappa shape index (κ1) is 12.8. The maximum Gasteiger partial charge on any atom is 0.135 e. The van der Waals surface area contributed by atoms with Gasteiger partial charge in [0.1, 0.15) is 11.6 Å². The highest BCUT2D eigenvalue weighted by molar-refractivity contribution is 9.10. The SMILES string of the molecule is COc1cc(F)c(CN2CCNCC2)cc1Br. The highest BCUT2D eigenvalue weighted by Crippen LogP contribution is 2.28. The summed E-state index contributed by atoms with van der Waals surface area (Å²) in [7, 11) is 1.54. The van der Waals surface area contributed by atoms with E-state index in [0.29, 0.717) is 17.9 Å². The molecular weight excluding hydrogens is 287 g/mol. The molecule has 0 spiro atoms. The molecule has 1 aliphatic rings. The second-order valence-corrected chi connectivity index (χ2v) is 4.96. The number of hydrogen-bond donors (Lipinski definition) is 1. The molecule has 1 aromatic rings. The predicted octanol–water partition coefficient (Wildman–Crippen LogP) is 2.00. The van der Waals surface area contributed by atoms with Gasteiger partial charge in [-0.15, -0.1) is 0 Å². The van der Waals surface area contributed by atoms with Gasteiger partial charge in [0.05, 0.1) is 11.6 Å². The van der Waals surface area contributed by atoms with Gasteiger partial charge in [0.2, 0.25) is 0 Å². The van der Waals surface area contributed by atoms with Crippen molar-refractivity contribution in [2.45, 2.75) is 6.54 Å². The molecule has 0 bridgehead atoms. The molecule has 0 unspecified atom stereocenters. The highest BCUT2D eigenvalue weighted by atomic mass is 79.9. The van der Waals surface area contributed by atoms with E-state index in [2.05, 4.69) is 26.1 Å². The molecule has 5 heteroatoms. The molecule has 1 aromatic carbocycles. The van der Waals surface area contributed by atoms with Gasteiger partial charge in [-0.2, -0.15) is 0 Å². The zero-order chi connectivity index (χ0) is 12.3. The minimum atomic E-state index is -0.205. The summed E-state index contributed by atoms with van der Waals surface area (Å²) >= 11 is 3.38. The quantitative estimate of drug-likeness (QED) is 0.924. The molecule has 3 nitrogen and oxygen atoms in total. The summed E-state index contributed by atoms with van der Waals surface area (Å²) in [6, 6.07) is 3.23. The molecular formula is C12H16BrFN2O. The second kappa shape index (κ2) is 5.80. The maximum atomic E-state index is 13.8. The molecule has 2 rings (SSSR count). The molecule has 1 saturated heterocycles. The first-order valence-corrected chi connectivity index (χ1v) is 6.45. The van der Waals surface area contributed by atoms with Gasteiger partial charge in [-0.1, -0.05) is 0 Å². The Bertz CT molecular complexity index is 394.